The largest absolute Gasteiger partial charge is 0.493 e. The number of fused-ring (bicyclic) bond motifs is 1. The molecular weight excluding hydrogens is 434 g/mol. The number of hydrogen-bond donors (Lipinski definition) is 1. The van der Waals surface area contributed by atoms with Crippen molar-refractivity contribution >= 4 is 33.0 Å². The van der Waals surface area contributed by atoms with Crippen molar-refractivity contribution < 1.29 is 9.47 Å². The number of nitrogens with one attached hydrogen (secondary N) is 1. The molecule has 8 heteroatoms. The van der Waals surface area contributed by atoms with Crippen molar-refractivity contribution in [3.05, 3.63) is 58.5 Å². The molecule has 148 valence electrons. The Morgan fingerprint density at radius 1 is 0.966 bits per heavy atom. The first-order valence-electron chi connectivity index (χ1n) is 8.99. The van der Waals surface area contributed by atoms with Crippen LogP contribution in [0.25, 0.3) is 16.9 Å². The Hall–Kier alpha value is -3.13. The molecule has 0 fully saturated rings. The number of aryl methyl sites for hydroxylation is 2. The fraction of sp³-hybridized carbons (Fsp3) is 0.190. The van der Waals surface area contributed by atoms with Crippen LogP contribution in [0.4, 0.5) is 11.5 Å². The van der Waals surface area contributed by atoms with Crippen LogP contribution >= 0.6 is 15.9 Å². The van der Waals surface area contributed by atoms with Gasteiger partial charge in [-0.3, -0.25) is 0 Å². The van der Waals surface area contributed by atoms with Gasteiger partial charge in [0.05, 0.1) is 19.9 Å². The first kappa shape index (κ1) is 19.2. The molecule has 0 aliphatic carbocycles. The molecule has 2 aromatic carbocycles. The van der Waals surface area contributed by atoms with Crippen LogP contribution in [0.5, 0.6) is 11.5 Å². The molecule has 0 unspecified atom stereocenters. The van der Waals surface area contributed by atoms with Gasteiger partial charge in [0.25, 0.3) is 0 Å². The van der Waals surface area contributed by atoms with Gasteiger partial charge in [-0.05, 0) is 50.2 Å². The minimum absolute atomic E-state index is 0.552. The van der Waals surface area contributed by atoms with Crippen LogP contribution in [-0.2, 0) is 0 Å². The van der Waals surface area contributed by atoms with Gasteiger partial charge in [0.2, 0.25) is 0 Å². The van der Waals surface area contributed by atoms with Gasteiger partial charge in [0.15, 0.2) is 23.1 Å². The molecule has 2 aromatic heterocycles. The van der Waals surface area contributed by atoms with Crippen molar-refractivity contribution in [1.82, 2.24) is 19.6 Å². The van der Waals surface area contributed by atoms with Gasteiger partial charge < -0.3 is 14.8 Å². The van der Waals surface area contributed by atoms with E-state index < -0.39 is 0 Å². The van der Waals surface area contributed by atoms with E-state index in [-0.39, 0.29) is 0 Å². The second-order valence-corrected chi connectivity index (χ2v) is 7.41. The Morgan fingerprint density at radius 3 is 2.48 bits per heavy atom. The number of ether oxygens (including phenoxy) is 2. The second kappa shape index (κ2) is 7.71. The molecule has 0 saturated heterocycles. The summed E-state index contributed by atoms with van der Waals surface area (Å²) in [6.07, 6.45) is 0. The number of rotatable bonds is 5. The Morgan fingerprint density at radius 2 is 1.76 bits per heavy atom. The predicted octanol–water partition coefficient (Wildman–Crippen LogP) is 4.93. The number of hydrogen-bond acceptors (Lipinski definition) is 6. The number of nitrogens with zero attached hydrogens (tertiary/aromatic N) is 4. The van der Waals surface area contributed by atoms with Gasteiger partial charge in [-0.25, -0.2) is 14.5 Å². The third-order valence-electron chi connectivity index (χ3n) is 4.56. The highest BCUT2D eigenvalue weighted by molar-refractivity contribution is 9.10. The van der Waals surface area contributed by atoms with Gasteiger partial charge in [-0.2, -0.15) is 0 Å². The summed E-state index contributed by atoms with van der Waals surface area (Å²) in [7, 11) is 3.22. The smallest absolute Gasteiger partial charge is 0.182 e. The van der Waals surface area contributed by atoms with Gasteiger partial charge in [0.1, 0.15) is 11.3 Å². The number of methoxy groups -OCH3 is 2. The van der Waals surface area contributed by atoms with Crippen molar-refractivity contribution in [3.8, 4) is 22.9 Å². The molecule has 29 heavy (non-hydrogen) atoms. The minimum atomic E-state index is 0.552. The van der Waals surface area contributed by atoms with Crippen LogP contribution in [0.1, 0.15) is 11.5 Å². The van der Waals surface area contributed by atoms with E-state index in [9.17, 15) is 0 Å². The summed E-state index contributed by atoms with van der Waals surface area (Å²) in [4.78, 5) is 9.38. The van der Waals surface area contributed by atoms with Crippen LogP contribution in [0, 0.1) is 13.8 Å². The number of anilines is 2. The maximum Gasteiger partial charge on any atom is 0.182 e. The Bertz CT molecular complexity index is 1210. The van der Waals surface area contributed by atoms with E-state index in [1.165, 1.54) is 0 Å². The van der Waals surface area contributed by atoms with E-state index in [4.69, 9.17) is 19.6 Å². The van der Waals surface area contributed by atoms with Crippen molar-refractivity contribution in [2.45, 2.75) is 13.8 Å². The molecule has 0 aliphatic rings. The van der Waals surface area contributed by atoms with Crippen LogP contribution in [0.3, 0.4) is 0 Å². The molecule has 0 bridgehead atoms. The highest BCUT2D eigenvalue weighted by atomic mass is 79.9. The van der Waals surface area contributed by atoms with E-state index in [0.717, 1.165) is 32.8 Å². The molecule has 7 nitrogen and oxygen atoms in total. The molecule has 2 heterocycles. The van der Waals surface area contributed by atoms with Crippen LogP contribution in [0.2, 0.25) is 0 Å². The van der Waals surface area contributed by atoms with E-state index in [0.29, 0.717) is 23.1 Å². The van der Waals surface area contributed by atoms with Crippen molar-refractivity contribution in [3.63, 3.8) is 0 Å². The number of imidazole rings is 1. The summed E-state index contributed by atoms with van der Waals surface area (Å²) in [5, 5.41) is 8.12. The SMILES string of the molecule is COc1ccc(-c2nc(Nc3cccc(Br)c3)c3c(C)nc(C)n3n2)cc1OC. The second-order valence-electron chi connectivity index (χ2n) is 6.49. The number of benzene rings is 2. The molecule has 4 aromatic rings. The van der Waals surface area contributed by atoms with Gasteiger partial charge in [-0.15, -0.1) is 5.10 Å². The number of aromatic nitrogens is 4. The molecule has 4 rings (SSSR count). The normalized spacial score (nSPS) is 10.9. The van der Waals surface area contributed by atoms with Crippen LogP contribution in [0.15, 0.2) is 46.9 Å². The molecule has 0 amide bonds. The van der Waals surface area contributed by atoms with E-state index in [1.54, 1.807) is 14.2 Å². The fourth-order valence-corrected chi connectivity index (χ4v) is 3.61. The molecule has 0 aliphatic heterocycles. The van der Waals surface area contributed by atoms with Crippen molar-refractivity contribution in [1.29, 1.82) is 0 Å². The minimum Gasteiger partial charge on any atom is -0.493 e. The standard InChI is InChI=1S/C21H20BrN5O2/c1-12-19-21(24-16-7-5-6-15(22)11-16)25-20(26-27(19)13(2)23-12)14-8-9-17(28-3)18(10-14)29-4/h5-11H,1-4H3,(H,24,25,26). The first-order chi connectivity index (χ1) is 14.0. The van der Waals surface area contributed by atoms with Gasteiger partial charge in [-0.1, -0.05) is 22.0 Å². The Balaban J connectivity index is 1.89. The molecule has 0 spiro atoms. The van der Waals surface area contributed by atoms with E-state index in [2.05, 4.69) is 26.2 Å². The maximum absolute atomic E-state index is 5.43. The Labute approximate surface area is 176 Å². The monoisotopic (exact) mass is 453 g/mol. The summed E-state index contributed by atoms with van der Waals surface area (Å²) in [5.74, 6) is 3.30. The summed E-state index contributed by atoms with van der Waals surface area (Å²) in [5.41, 5.74) is 3.43. The van der Waals surface area contributed by atoms with Gasteiger partial charge in [0, 0.05) is 15.7 Å². The van der Waals surface area contributed by atoms with E-state index in [1.807, 2.05) is 60.8 Å². The zero-order valence-corrected chi connectivity index (χ0v) is 18.1. The molecule has 0 saturated carbocycles. The highest BCUT2D eigenvalue weighted by Crippen LogP contribution is 2.33. The van der Waals surface area contributed by atoms with Crippen LogP contribution in [-0.4, -0.2) is 33.8 Å². The number of halogens is 1. The highest BCUT2D eigenvalue weighted by Gasteiger charge is 2.17. The molecule has 1 N–H and O–H groups in total. The molecule has 0 radical (unpaired) electrons. The lowest BCUT2D eigenvalue weighted by Gasteiger charge is -2.12. The summed E-state index contributed by atoms with van der Waals surface area (Å²) in [6, 6.07) is 13.5. The lowest BCUT2D eigenvalue weighted by molar-refractivity contribution is 0.355. The quantitative estimate of drug-likeness (QED) is 0.461. The van der Waals surface area contributed by atoms with Crippen LogP contribution < -0.4 is 14.8 Å². The average molecular weight is 454 g/mol. The van der Waals surface area contributed by atoms with E-state index >= 15 is 0 Å². The predicted molar refractivity (Wildman–Crippen MR) is 116 cm³/mol. The van der Waals surface area contributed by atoms with Crippen molar-refractivity contribution in [2.24, 2.45) is 0 Å². The van der Waals surface area contributed by atoms with Gasteiger partial charge >= 0.3 is 0 Å². The van der Waals surface area contributed by atoms with Crippen molar-refractivity contribution in [2.75, 3.05) is 19.5 Å². The lowest BCUT2D eigenvalue weighted by atomic mass is 10.2. The summed E-state index contributed by atoms with van der Waals surface area (Å²) < 4.78 is 13.6. The third-order valence-corrected chi connectivity index (χ3v) is 5.05. The molecule has 0 atom stereocenters. The summed E-state index contributed by atoms with van der Waals surface area (Å²) in [6.45, 7) is 3.88. The zero-order valence-electron chi connectivity index (χ0n) is 16.5. The third kappa shape index (κ3) is 3.63. The topological polar surface area (TPSA) is 73.6 Å². The first-order valence-corrected chi connectivity index (χ1v) is 9.78. The average Bonchev–Trinajstić information content (AvgIpc) is 3.01. The maximum atomic E-state index is 5.43. The fourth-order valence-electron chi connectivity index (χ4n) is 3.22. The Kier molecular flexibility index (Phi) is 5.10. The zero-order chi connectivity index (χ0) is 20.5. The lowest BCUT2D eigenvalue weighted by Crippen LogP contribution is -2.05. The summed E-state index contributed by atoms with van der Waals surface area (Å²) >= 11 is 3.51. The molecular formula is C21H20BrN5O2.